The van der Waals surface area contributed by atoms with Crippen molar-refractivity contribution in [3.05, 3.63) is 44.2 Å². The van der Waals surface area contributed by atoms with Gasteiger partial charge in [-0.1, -0.05) is 0 Å². The van der Waals surface area contributed by atoms with E-state index in [-0.39, 0.29) is 47.9 Å². The van der Waals surface area contributed by atoms with Gasteiger partial charge in [-0.15, -0.1) is 11.3 Å². The second-order valence-electron chi connectivity index (χ2n) is 8.23. The van der Waals surface area contributed by atoms with Gasteiger partial charge in [-0.3, -0.25) is 9.20 Å². The number of aliphatic hydroxyl groups is 1. The number of alkyl halides is 3. The molecule has 162 valence electrons. The van der Waals surface area contributed by atoms with Crippen LogP contribution in [0.1, 0.15) is 41.4 Å². The van der Waals surface area contributed by atoms with Gasteiger partial charge in [0.1, 0.15) is 5.83 Å². The van der Waals surface area contributed by atoms with Crippen molar-refractivity contribution in [3.8, 4) is 0 Å². The summed E-state index contributed by atoms with van der Waals surface area (Å²) in [4.78, 5) is 18.7. The molecular weight excluding hydrogens is 424 g/mol. The van der Waals surface area contributed by atoms with E-state index in [2.05, 4.69) is 10.4 Å². The van der Waals surface area contributed by atoms with Crippen molar-refractivity contribution < 1.29 is 22.7 Å². The molecule has 6 nitrogen and oxygen atoms in total. The molecule has 2 saturated carbocycles. The third kappa shape index (κ3) is 3.23. The van der Waals surface area contributed by atoms with Crippen molar-refractivity contribution in [2.75, 3.05) is 6.61 Å². The van der Waals surface area contributed by atoms with Gasteiger partial charge in [0, 0.05) is 35.1 Å². The minimum atomic E-state index is -4.75. The van der Waals surface area contributed by atoms with Crippen LogP contribution in [0.5, 0.6) is 0 Å². The van der Waals surface area contributed by atoms with Gasteiger partial charge < -0.3 is 10.1 Å². The first-order valence-electron chi connectivity index (χ1n) is 9.81. The second kappa shape index (κ2) is 6.76. The zero-order chi connectivity index (χ0) is 21.4. The Morgan fingerprint density at radius 3 is 2.70 bits per heavy atom. The lowest BCUT2D eigenvalue weighted by atomic mass is 10.2. The summed E-state index contributed by atoms with van der Waals surface area (Å²) in [5.41, 5.74) is 3.04. The fourth-order valence-electron chi connectivity index (χ4n) is 4.28. The second-order valence-corrected chi connectivity index (χ2v) is 9.41. The molecule has 3 aliphatic rings. The number of allylic oxidation sites excluding steroid dienone is 1. The molecule has 0 radical (unpaired) electrons. The van der Waals surface area contributed by atoms with E-state index in [1.165, 1.54) is 21.8 Å². The SMILES string of the molecule is Cc1sc2nc(CN3NC(C(F)(F)F)C(F)=C3C3CC3)cc(=O)n2c1C1CC1CO. The first-order chi connectivity index (χ1) is 14.2. The molecule has 5 rings (SSSR count). The molecule has 3 atom stereocenters. The number of thiazole rings is 1. The monoisotopic (exact) mass is 444 g/mol. The molecular formula is C19H20F4N4O2S. The lowest BCUT2D eigenvalue weighted by Crippen LogP contribution is -2.45. The largest absolute Gasteiger partial charge is 0.411 e. The maximum atomic E-state index is 14.5. The number of fused-ring (bicyclic) bond motifs is 1. The Labute approximate surface area is 172 Å². The predicted octanol–water partition coefficient (Wildman–Crippen LogP) is 3.00. The molecule has 2 fully saturated rings. The Bertz CT molecular complexity index is 1100. The number of nitrogens with one attached hydrogen (secondary N) is 1. The number of rotatable bonds is 5. The third-order valence-electron chi connectivity index (χ3n) is 5.98. The maximum absolute atomic E-state index is 14.5. The van der Waals surface area contributed by atoms with Crippen LogP contribution in [0.15, 0.2) is 22.4 Å². The zero-order valence-electron chi connectivity index (χ0n) is 16.0. The maximum Gasteiger partial charge on any atom is 0.411 e. The quantitative estimate of drug-likeness (QED) is 0.694. The van der Waals surface area contributed by atoms with E-state index >= 15 is 0 Å². The molecule has 0 saturated heterocycles. The van der Waals surface area contributed by atoms with Gasteiger partial charge in [-0.25, -0.2) is 14.8 Å². The number of hydrogen-bond acceptors (Lipinski definition) is 6. The Morgan fingerprint density at radius 2 is 2.10 bits per heavy atom. The topological polar surface area (TPSA) is 69.9 Å². The van der Waals surface area contributed by atoms with Crippen LogP contribution in [0.4, 0.5) is 17.6 Å². The van der Waals surface area contributed by atoms with Crippen LogP contribution < -0.4 is 11.0 Å². The van der Waals surface area contributed by atoms with Gasteiger partial charge in [0.05, 0.1) is 17.9 Å². The lowest BCUT2D eigenvalue weighted by Gasteiger charge is -2.23. The predicted molar refractivity (Wildman–Crippen MR) is 101 cm³/mol. The first kappa shape index (κ1) is 20.0. The first-order valence-corrected chi connectivity index (χ1v) is 10.6. The summed E-state index contributed by atoms with van der Waals surface area (Å²) >= 11 is 1.34. The average molecular weight is 444 g/mol. The number of nitrogens with zero attached hydrogens (tertiary/aromatic N) is 3. The minimum Gasteiger partial charge on any atom is -0.396 e. The van der Waals surface area contributed by atoms with Gasteiger partial charge in [0.2, 0.25) is 0 Å². The standard InChI is InChI=1S/C19H20F4N4O2S/c1-8-15(12-4-10(12)7-28)27-13(29)5-11(24-18(27)30-8)6-26-16(9-2-3-9)14(20)17(25-26)19(21,22)23/h5,9-10,12,17,25,28H,2-4,6-7H2,1H3. The zero-order valence-corrected chi connectivity index (χ0v) is 16.9. The number of aliphatic hydroxyl groups excluding tert-OH is 1. The molecule has 2 N–H and O–H groups in total. The molecule has 0 bridgehead atoms. The average Bonchev–Trinajstić information content (AvgIpc) is 3.56. The summed E-state index contributed by atoms with van der Waals surface area (Å²) in [5, 5.41) is 10.5. The molecule has 3 unspecified atom stereocenters. The summed E-state index contributed by atoms with van der Waals surface area (Å²) in [6, 6.07) is -1.07. The van der Waals surface area contributed by atoms with Gasteiger partial charge in [0.15, 0.2) is 11.0 Å². The van der Waals surface area contributed by atoms with Crippen molar-refractivity contribution in [1.29, 1.82) is 0 Å². The summed E-state index contributed by atoms with van der Waals surface area (Å²) in [6.45, 7) is 1.82. The van der Waals surface area contributed by atoms with E-state index < -0.39 is 18.0 Å². The van der Waals surface area contributed by atoms with E-state index in [1.807, 2.05) is 6.92 Å². The number of hydrogen-bond donors (Lipinski definition) is 2. The summed E-state index contributed by atoms with van der Waals surface area (Å²) < 4.78 is 55.6. The van der Waals surface area contributed by atoms with Gasteiger partial charge in [0.25, 0.3) is 5.56 Å². The molecule has 0 amide bonds. The fraction of sp³-hybridized carbons (Fsp3) is 0.579. The third-order valence-corrected chi connectivity index (χ3v) is 6.95. The highest BCUT2D eigenvalue weighted by Gasteiger charge is 2.52. The molecule has 2 aliphatic carbocycles. The van der Waals surface area contributed by atoms with E-state index in [0.29, 0.717) is 17.8 Å². The smallest absolute Gasteiger partial charge is 0.396 e. The highest BCUT2D eigenvalue weighted by molar-refractivity contribution is 7.17. The van der Waals surface area contributed by atoms with E-state index in [0.717, 1.165) is 22.0 Å². The highest BCUT2D eigenvalue weighted by atomic mass is 32.1. The van der Waals surface area contributed by atoms with E-state index in [9.17, 15) is 27.5 Å². The molecule has 3 heterocycles. The van der Waals surface area contributed by atoms with Crippen molar-refractivity contribution >= 4 is 16.3 Å². The van der Waals surface area contributed by atoms with Crippen LogP contribution >= 0.6 is 11.3 Å². The minimum absolute atomic E-state index is 0.0196. The van der Waals surface area contributed by atoms with Gasteiger partial charge >= 0.3 is 6.18 Å². The van der Waals surface area contributed by atoms with E-state index in [4.69, 9.17) is 0 Å². The van der Waals surface area contributed by atoms with Crippen molar-refractivity contribution in [2.24, 2.45) is 11.8 Å². The molecule has 2 aromatic rings. The van der Waals surface area contributed by atoms with Gasteiger partial charge in [-0.2, -0.15) is 13.2 Å². The van der Waals surface area contributed by atoms with Crippen molar-refractivity contribution in [2.45, 2.75) is 50.9 Å². The fourth-order valence-corrected chi connectivity index (χ4v) is 5.34. The molecule has 1 aliphatic heterocycles. The molecule has 2 aromatic heterocycles. The Morgan fingerprint density at radius 1 is 1.37 bits per heavy atom. The Balaban J connectivity index is 1.47. The number of aryl methyl sites for hydroxylation is 1. The number of hydrazine groups is 1. The molecule has 30 heavy (non-hydrogen) atoms. The molecule has 0 spiro atoms. The summed E-state index contributed by atoms with van der Waals surface area (Å²) in [5.74, 6) is -1.19. The van der Waals surface area contributed by atoms with Crippen molar-refractivity contribution in [1.82, 2.24) is 19.8 Å². The van der Waals surface area contributed by atoms with Crippen LogP contribution in [-0.2, 0) is 6.54 Å². The molecule has 0 aromatic carbocycles. The van der Waals surface area contributed by atoms with Crippen LogP contribution in [0, 0.1) is 18.8 Å². The summed E-state index contributed by atoms with van der Waals surface area (Å²) in [7, 11) is 0. The number of aromatic nitrogens is 2. The lowest BCUT2D eigenvalue weighted by molar-refractivity contribution is -0.155. The van der Waals surface area contributed by atoms with Crippen LogP contribution in [0.25, 0.3) is 4.96 Å². The number of halogens is 4. The van der Waals surface area contributed by atoms with Crippen LogP contribution in [-0.4, -0.2) is 38.3 Å². The Hall–Kier alpha value is -1.98. The van der Waals surface area contributed by atoms with Crippen LogP contribution in [0.3, 0.4) is 0 Å². The highest BCUT2D eigenvalue weighted by Crippen LogP contribution is 2.49. The van der Waals surface area contributed by atoms with Gasteiger partial charge in [-0.05, 0) is 32.1 Å². The Kier molecular flexibility index (Phi) is 4.50. The molecule has 11 heteroatoms. The normalized spacial score (nSPS) is 26.9. The van der Waals surface area contributed by atoms with Crippen LogP contribution in [0.2, 0.25) is 0 Å². The van der Waals surface area contributed by atoms with Crippen molar-refractivity contribution in [3.63, 3.8) is 0 Å². The van der Waals surface area contributed by atoms with E-state index in [1.54, 1.807) is 0 Å². The summed E-state index contributed by atoms with van der Waals surface area (Å²) in [6.07, 6.45) is -2.66.